The molecule has 0 fully saturated rings. The van der Waals surface area contributed by atoms with Gasteiger partial charge >= 0.3 is 0 Å². The number of aryl methyl sites for hydroxylation is 1. The molecule has 0 radical (unpaired) electrons. The minimum absolute atomic E-state index is 0.0544. The molecule has 1 N–H and O–H groups in total. The van der Waals surface area contributed by atoms with Crippen LogP contribution in [-0.2, 0) is 11.3 Å². The normalized spacial score (nSPS) is 10.6. The molecule has 0 aliphatic rings. The molecule has 1 aromatic heterocycles. The summed E-state index contributed by atoms with van der Waals surface area (Å²) in [7, 11) is 0. The topological polar surface area (TPSA) is 64.0 Å². The van der Waals surface area contributed by atoms with Gasteiger partial charge in [0.2, 0.25) is 5.91 Å². The van der Waals surface area contributed by atoms with Crippen LogP contribution in [0.15, 0.2) is 65.5 Å². The summed E-state index contributed by atoms with van der Waals surface area (Å²) in [5.74, 6) is -0.789. The molecule has 0 unspecified atom stereocenters. The molecule has 2 aromatic carbocycles. The Morgan fingerprint density at radius 2 is 1.89 bits per heavy atom. The van der Waals surface area contributed by atoms with Gasteiger partial charge < -0.3 is 5.32 Å². The lowest BCUT2D eigenvalue weighted by atomic mass is 10.1. The molecule has 1 amide bonds. The van der Waals surface area contributed by atoms with Gasteiger partial charge in [-0.1, -0.05) is 41.9 Å². The van der Waals surface area contributed by atoms with E-state index in [0.29, 0.717) is 24.3 Å². The van der Waals surface area contributed by atoms with Gasteiger partial charge in [0.1, 0.15) is 5.82 Å². The van der Waals surface area contributed by atoms with Gasteiger partial charge in [0.25, 0.3) is 5.56 Å². The Morgan fingerprint density at radius 1 is 1.11 bits per heavy atom. The van der Waals surface area contributed by atoms with E-state index in [1.807, 2.05) is 30.3 Å². The van der Waals surface area contributed by atoms with Gasteiger partial charge in [-0.05, 0) is 30.7 Å². The van der Waals surface area contributed by atoms with Crippen LogP contribution in [0.4, 0.5) is 10.1 Å². The number of halogens is 2. The first-order valence-corrected chi connectivity index (χ1v) is 8.79. The van der Waals surface area contributed by atoms with Crippen molar-refractivity contribution >= 4 is 23.2 Å². The Morgan fingerprint density at radius 3 is 2.63 bits per heavy atom. The zero-order valence-corrected chi connectivity index (χ0v) is 15.1. The van der Waals surface area contributed by atoms with Crippen molar-refractivity contribution in [2.45, 2.75) is 19.4 Å². The van der Waals surface area contributed by atoms with Crippen molar-refractivity contribution in [2.75, 3.05) is 5.32 Å². The zero-order valence-electron chi connectivity index (χ0n) is 14.4. The molecule has 0 bridgehead atoms. The molecular formula is C20H17ClFN3O2. The van der Waals surface area contributed by atoms with Gasteiger partial charge in [0.15, 0.2) is 0 Å². The van der Waals surface area contributed by atoms with Crippen molar-refractivity contribution in [3.8, 4) is 11.3 Å². The highest BCUT2D eigenvalue weighted by Gasteiger charge is 2.07. The van der Waals surface area contributed by atoms with Crippen LogP contribution in [-0.4, -0.2) is 15.7 Å². The van der Waals surface area contributed by atoms with E-state index >= 15 is 0 Å². The SMILES string of the molecule is O=C(CCCn1nc(-c2ccccc2)ccc1=O)Nc1ccc(F)c(Cl)c1. The van der Waals surface area contributed by atoms with Crippen LogP contribution in [0.2, 0.25) is 5.02 Å². The van der Waals surface area contributed by atoms with Crippen molar-refractivity contribution in [3.05, 3.63) is 81.9 Å². The molecule has 0 aliphatic heterocycles. The summed E-state index contributed by atoms with van der Waals surface area (Å²) in [6.07, 6.45) is 0.630. The zero-order chi connectivity index (χ0) is 19.2. The number of rotatable bonds is 6. The molecule has 3 aromatic rings. The third kappa shape index (κ3) is 5.01. The first-order chi connectivity index (χ1) is 13.0. The number of nitrogens with zero attached hydrogens (tertiary/aromatic N) is 2. The molecule has 27 heavy (non-hydrogen) atoms. The Hall–Kier alpha value is -2.99. The number of aromatic nitrogens is 2. The number of nitrogens with one attached hydrogen (secondary N) is 1. The van der Waals surface area contributed by atoms with Gasteiger partial charge in [-0.25, -0.2) is 9.07 Å². The Labute approximate surface area is 160 Å². The molecule has 3 rings (SSSR count). The van der Waals surface area contributed by atoms with Gasteiger partial charge in [-0.15, -0.1) is 0 Å². The van der Waals surface area contributed by atoms with Crippen molar-refractivity contribution < 1.29 is 9.18 Å². The van der Waals surface area contributed by atoms with Crippen LogP contribution >= 0.6 is 11.6 Å². The number of carbonyl (C=O) groups is 1. The maximum atomic E-state index is 13.1. The van der Waals surface area contributed by atoms with Gasteiger partial charge in [0.05, 0.1) is 10.7 Å². The lowest BCUT2D eigenvalue weighted by molar-refractivity contribution is -0.116. The molecule has 0 spiro atoms. The quantitative estimate of drug-likeness (QED) is 0.694. The second-order valence-electron chi connectivity index (χ2n) is 5.93. The van der Waals surface area contributed by atoms with Crippen molar-refractivity contribution in [2.24, 2.45) is 0 Å². The second-order valence-corrected chi connectivity index (χ2v) is 6.33. The second kappa shape index (κ2) is 8.60. The Balaban J connectivity index is 1.59. The van der Waals surface area contributed by atoms with E-state index in [4.69, 9.17) is 11.6 Å². The molecule has 0 saturated carbocycles. The first kappa shape index (κ1) is 18.8. The van der Waals surface area contributed by atoms with Crippen LogP contribution in [0.25, 0.3) is 11.3 Å². The predicted molar refractivity (Wildman–Crippen MR) is 103 cm³/mol. The monoisotopic (exact) mass is 385 g/mol. The molecule has 1 heterocycles. The summed E-state index contributed by atoms with van der Waals surface area (Å²) in [6.45, 7) is 0.317. The Kier molecular flexibility index (Phi) is 5.98. The molecular weight excluding hydrogens is 369 g/mol. The Bertz CT molecular complexity index is 1010. The summed E-state index contributed by atoms with van der Waals surface area (Å²) in [6, 6.07) is 16.7. The average Bonchev–Trinajstić information content (AvgIpc) is 2.67. The predicted octanol–water partition coefficient (Wildman–Crippen LogP) is 4.12. The van der Waals surface area contributed by atoms with Gasteiger partial charge in [-0.3, -0.25) is 9.59 Å². The molecule has 5 nitrogen and oxygen atoms in total. The van der Waals surface area contributed by atoms with Crippen LogP contribution in [0.5, 0.6) is 0 Å². The van der Waals surface area contributed by atoms with Crippen molar-refractivity contribution in [3.63, 3.8) is 0 Å². The van der Waals surface area contributed by atoms with Crippen molar-refractivity contribution in [1.29, 1.82) is 0 Å². The standard InChI is InChI=1S/C20H17ClFN3O2/c21-16-13-15(8-9-17(16)22)23-19(26)7-4-12-25-20(27)11-10-18(24-25)14-5-2-1-3-6-14/h1-3,5-6,8-11,13H,4,7,12H2,(H,23,26). The minimum atomic E-state index is -0.543. The van der Waals surface area contributed by atoms with E-state index in [2.05, 4.69) is 10.4 Å². The van der Waals surface area contributed by atoms with E-state index in [1.165, 1.54) is 28.9 Å². The highest BCUT2D eigenvalue weighted by Crippen LogP contribution is 2.19. The van der Waals surface area contributed by atoms with E-state index in [0.717, 1.165) is 5.56 Å². The van der Waals surface area contributed by atoms with Crippen LogP contribution < -0.4 is 10.9 Å². The van der Waals surface area contributed by atoms with Crippen LogP contribution in [0, 0.1) is 5.82 Å². The highest BCUT2D eigenvalue weighted by atomic mass is 35.5. The van der Waals surface area contributed by atoms with E-state index < -0.39 is 5.82 Å². The highest BCUT2D eigenvalue weighted by molar-refractivity contribution is 6.31. The lowest BCUT2D eigenvalue weighted by Gasteiger charge is -2.08. The molecule has 0 aliphatic carbocycles. The minimum Gasteiger partial charge on any atom is -0.326 e. The van der Waals surface area contributed by atoms with Crippen LogP contribution in [0.3, 0.4) is 0 Å². The third-order valence-corrected chi connectivity index (χ3v) is 4.20. The van der Waals surface area contributed by atoms with Gasteiger partial charge in [-0.2, -0.15) is 5.10 Å². The fourth-order valence-corrected chi connectivity index (χ4v) is 2.74. The summed E-state index contributed by atoms with van der Waals surface area (Å²) < 4.78 is 14.5. The summed E-state index contributed by atoms with van der Waals surface area (Å²) >= 11 is 5.69. The average molecular weight is 386 g/mol. The third-order valence-electron chi connectivity index (χ3n) is 3.91. The largest absolute Gasteiger partial charge is 0.326 e. The maximum Gasteiger partial charge on any atom is 0.266 e. The van der Waals surface area contributed by atoms with E-state index in [9.17, 15) is 14.0 Å². The number of benzene rings is 2. The number of hydrogen-bond acceptors (Lipinski definition) is 3. The number of hydrogen-bond donors (Lipinski definition) is 1. The van der Waals surface area contributed by atoms with Crippen LogP contribution in [0.1, 0.15) is 12.8 Å². The summed E-state index contributed by atoms with van der Waals surface area (Å²) in [5, 5.41) is 6.95. The first-order valence-electron chi connectivity index (χ1n) is 8.41. The smallest absolute Gasteiger partial charge is 0.266 e. The molecule has 0 atom stereocenters. The number of anilines is 1. The van der Waals surface area contributed by atoms with E-state index in [-0.39, 0.29) is 22.9 Å². The van der Waals surface area contributed by atoms with E-state index in [1.54, 1.807) is 6.07 Å². The molecule has 0 saturated heterocycles. The summed E-state index contributed by atoms with van der Waals surface area (Å²) in [5.41, 5.74) is 1.81. The molecule has 7 heteroatoms. The maximum absolute atomic E-state index is 13.1. The fraction of sp³-hybridized carbons (Fsp3) is 0.150. The summed E-state index contributed by atoms with van der Waals surface area (Å²) in [4.78, 5) is 24.0. The van der Waals surface area contributed by atoms with Gasteiger partial charge in [0, 0.05) is 30.3 Å². The van der Waals surface area contributed by atoms with Crippen molar-refractivity contribution in [1.82, 2.24) is 9.78 Å². The number of carbonyl (C=O) groups excluding carboxylic acids is 1. The fourth-order valence-electron chi connectivity index (χ4n) is 2.56. The number of amides is 1. The lowest BCUT2D eigenvalue weighted by Crippen LogP contribution is -2.23. The molecule has 138 valence electrons.